The van der Waals surface area contributed by atoms with E-state index in [2.05, 4.69) is 25.7 Å². The summed E-state index contributed by atoms with van der Waals surface area (Å²) in [5, 5.41) is 8.75. The maximum atomic E-state index is 11.5. The van der Waals surface area contributed by atoms with E-state index in [0.717, 1.165) is 12.5 Å². The molecule has 1 amide bonds. The number of aliphatic carboxylic acids is 1. The normalized spacial score (nSPS) is 21.5. The SMILES string of the molecule is C[Si](C)(C)C/C=C/C1CCC(=O)N1CC(=O)O. The highest BCUT2D eigenvalue weighted by Gasteiger charge is 2.30. The molecule has 96 valence electrons. The van der Waals surface area contributed by atoms with Gasteiger partial charge in [0.05, 0.1) is 6.04 Å². The Morgan fingerprint density at radius 2 is 2.18 bits per heavy atom. The lowest BCUT2D eigenvalue weighted by Gasteiger charge is -2.20. The van der Waals surface area contributed by atoms with E-state index in [1.807, 2.05) is 6.08 Å². The maximum Gasteiger partial charge on any atom is 0.323 e. The summed E-state index contributed by atoms with van der Waals surface area (Å²) in [6.07, 6.45) is 5.33. The van der Waals surface area contributed by atoms with Crippen molar-refractivity contribution in [2.75, 3.05) is 6.54 Å². The van der Waals surface area contributed by atoms with Gasteiger partial charge in [-0.2, -0.15) is 0 Å². The van der Waals surface area contributed by atoms with Gasteiger partial charge in [0.1, 0.15) is 6.54 Å². The number of amides is 1. The average molecular weight is 255 g/mol. The topological polar surface area (TPSA) is 57.6 Å². The van der Waals surface area contributed by atoms with Crippen LogP contribution in [-0.2, 0) is 9.59 Å². The zero-order chi connectivity index (χ0) is 13.1. The van der Waals surface area contributed by atoms with E-state index < -0.39 is 14.0 Å². The van der Waals surface area contributed by atoms with E-state index in [1.54, 1.807) is 0 Å². The summed E-state index contributed by atoms with van der Waals surface area (Å²) in [5.74, 6) is -0.987. The fourth-order valence-electron chi connectivity index (χ4n) is 1.89. The Hall–Kier alpha value is -1.10. The minimum atomic E-state index is -1.11. The number of allylic oxidation sites excluding steroid dienone is 1. The van der Waals surface area contributed by atoms with Gasteiger partial charge in [-0.05, 0) is 12.5 Å². The van der Waals surface area contributed by atoms with Crippen LogP contribution in [0.4, 0.5) is 0 Å². The van der Waals surface area contributed by atoms with Gasteiger partial charge in [0.15, 0.2) is 0 Å². The first-order valence-corrected chi connectivity index (χ1v) is 9.68. The van der Waals surface area contributed by atoms with Crippen molar-refractivity contribution in [3.8, 4) is 0 Å². The lowest BCUT2D eigenvalue weighted by atomic mass is 10.2. The van der Waals surface area contributed by atoms with Gasteiger partial charge in [0.2, 0.25) is 5.91 Å². The second-order valence-corrected chi connectivity index (χ2v) is 11.2. The van der Waals surface area contributed by atoms with Gasteiger partial charge in [-0.25, -0.2) is 0 Å². The molecule has 0 aliphatic carbocycles. The predicted octanol–water partition coefficient (Wildman–Crippen LogP) is 1.96. The molecule has 1 aliphatic heterocycles. The molecule has 0 aromatic rings. The minimum Gasteiger partial charge on any atom is -0.480 e. The van der Waals surface area contributed by atoms with Crippen LogP contribution in [0, 0.1) is 0 Å². The molecule has 1 fully saturated rings. The number of hydrogen-bond donors (Lipinski definition) is 1. The van der Waals surface area contributed by atoms with Crippen molar-refractivity contribution in [1.82, 2.24) is 4.90 Å². The Labute approximate surface area is 103 Å². The standard InChI is InChI=1S/C12H21NO3Si/c1-17(2,3)8-4-5-10-6-7-11(14)13(10)9-12(15)16/h4-5,10H,6-9H2,1-3H3,(H,15,16)/b5-4+. The average Bonchev–Trinajstić information content (AvgIpc) is 2.47. The highest BCUT2D eigenvalue weighted by atomic mass is 28.3. The van der Waals surface area contributed by atoms with Crippen molar-refractivity contribution in [1.29, 1.82) is 0 Å². The second kappa shape index (κ2) is 5.49. The van der Waals surface area contributed by atoms with Crippen molar-refractivity contribution >= 4 is 20.0 Å². The summed E-state index contributed by atoms with van der Waals surface area (Å²) >= 11 is 0. The molecular weight excluding hydrogens is 234 g/mol. The first-order valence-electron chi connectivity index (χ1n) is 5.97. The Morgan fingerprint density at radius 1 is 1.53 bits per heavy atom. The van der Waals surface area contributed by atoms with E-state index in [0.29, 0.717) is 6.42 Å². The van der Waals surface area contributed by atoms with E-state index in [4.69, 9.17) is 5.11 Å². The van der Waals surface area contributed by atoms with Crippen molar-refractivity contribution < 1.29 is 14.7 Å². The number of nitrogens with zero attached hydrogens (tertiary/aromatic N) is 1. The van der Waals surface area contributed by atoms with Gasteiger partial charge in [-0.3, -0.25) is 9.59 Å². The summed E-state index contributed by atoms with van der Waals surface area (Å²) in [6, 6.07) is 1.05. The van der Waals surface area contributed by atoms with Crippen LogP contribution in [0.1, 0.15) is 12.8 Å². The number of carboxylic acids is 1. The van der Waals surface area contributed by atoms with Crippen LogP contribution in [0.5, 0.6) is 0 Å². The number of carbonyl (C=O) groups is 2. The molecule has 1 saturated heterocycles. The third-order valence-corrected chi connectivity index (χ3v) is 4.23. The van der Waals surface area contributed by atoms with Crippen LogP contribution in [0.15, 0.2) is 12.2 Å². The Bertz CT molecular complexity index is 333. The number of carbonyl (C=O) groups excluding carboxylic acids is 1. The van der Waals surface area contributed by atoms with Gasteiger partial charge < -0.3 is 10.0 Å². The second-order valence-electron chi connectivity index (χ2n) is 5.71. The zero-order valence-electron chi connectivity index (χ0n) is 10.8. The van der Waals surface area contributed by atoms with Crippen LogP contribution < -0.4 is 0 Å². The first kappa shape index (κ1) is 14.0. The quantitative estimate of drug-likeness (QED) is 0.603. The van der Waals surface area contributed by atoms with Gasteiger partial charge in [0, 0.05) is 14.5 Å². The molecule has 1 unspecified atom stereocenters. The fourth-order valence-corrected chi connectivity index (χ4v) is 2.73. The van der Waals surface area contributed by atoms with Crippen LogP contribution in [0.25, 0.3) is 0 Å². The molecular formula is C12H21NO3Si. The molecule has 4 nitrogen and oxygen atoms in total. The van der Waals surface area contributed by atoms with Crippen LogP contribution >= 0.6 is 0 Å². The van der Waals surface area contributed by atoms with E-state index in [-0.39, 0.29) is 18.5 Å². The summed E-state index contributed by atoms with van der Waals surface area (Å²) < 4.78 is 0. The molecule has 0 radical (unpaired) electrons. The molecule has 0 spiro atoms. The van der Waals surface area contributed by atoms with E-state index >= 15 is 0 Å². The molecule has 1 N–H and O–H groups in total. The fraction of sp³-hybridized carbons (Fsp3) is 0.667. The summed E-state index contributed by atoms with van der Waals surface area (Å²) in [5.41, 5.74) is 0. The van der Waals surface area contributed by atoms with E-state index in [9.17, 15) is 9.59 Å². The van der Waals surface area contributed by atoms with Gasteiger partial charge >= 0.3 is 5.97 Å². The zero-order valence-corrected chi connectivity index (χ0v) is 11.8. The van der Waals surface area contributed by atoms with Crippen molar-refractivity contribution in [3.63, 3.8) is 0 Å². The van der Waals surface area contributed by atoms with Crippen LogP contribution in [-0.4, -0.2) is 42.5 Å². The van der Waals surface area contributed by atoms with Crippen molar-refractivity contribution in [2.24, 2.45) is 0 Å². The van der Waals surface area contributed by atoms with Crippen LogP contribution in [0.3, 0.4) is 0 Å². The van der Waals surface area contributed by atoms with Gasteiger partial charge in [-0.1, -0.05) is 31.8 Å². The number of rotatable bonds is 5. The predicted molar refractivity (Wildman–Crippen MR) is 69.7 cm³/mol. The Kier molecular flexibility index (Phi) is 4.51. The molecule has 1 rings (SSSR count). The molecule has 0 bridgehead atoms. The van der Waals surface area contributed by atoms with Crippen molar-refractivity contribution in [2.45, 2.75) is 44.6 Å². The number of carboxylic acid groups (broad SMARTS) is 1. The third kappa shape index (κ3) is 4.73. The Balaban J connectivity index is 2.57. The largest absolute Gasteiger partial charge is 0.480 e. The number of likely N-dealkylation sites (tertiary alicyclic amines) is 1. The van der Waals surface area contributed by atoms with Crippen LogP contribution in [0.2, 0.25) is 25.7 Å². The van der Waals surface area contributed by atoms with E-state index in [1.165, 1.54) is 4.90 Å². The molecule has 0 aromatic heterocycles. The molecule has 1 aliphatic rings. The molecule has 0 saturated carbocycles. The van der Waals surface area contributed by atoms with Gasteiger partial charge in [0.25, 0.3) is 0 Å². The minimum absolute atomic E-state index is 0.0186. The molecule has 0 aromatic carbocycles. The van der Waals surface area contributed by atoms with Crippen molar-refractivity contribution in [3.05, 3.63) is 12.2 Å². The highest BCUT2D eigenvalue weighted by molar-refractivity contribution is 6.76. The highest BCUT2D eigenvalue weighted by Crippen LogP contribution is 2.20. The molecule has 5 heteroatoms. The summed E-state index contributed by atoms with van der Waals surface area (Å²) in [7, 11) is -1.11. The third-order valence-electron chi connectivity index (χ3n) is 2.77. The monoisotopic (exact) mass is 255 g/mol. The lowest BCUT2D eigenvalue weighted by molar-refractivity contribution is -0.143. The first-order chi connectivity index (χ1) is 7.79. The smallest absolute Gasteiger partial charge is 0.323 e. The summed E-state index contributed by atoms with van der Waals surface area (Å²) in [4.78, 5) is 23.6. The summed E-state index contributed by atoms with van der Waals surface area (Å²) in [6.45, 7) is 6.67. The molecule has 1 atom stereocenters. The molecule has 17 heavy (non-hydrogen) atoms. The lowest BCUT2D eigenvalue weighted by Crippen LogP contribution is -2.36. The molecule has 1 heterocycles. The maximum absolute atomic E-state index is 11.5. The Morgan fingerprint density at radius 3 is 2.71 bits per heavy atom. The number of hydrogen-bond acceptors (Lipinski definition) is 2. The van der Waals surface area contributed by atoms with Gasteiger partial charge in [-0.15, -0.1) is 0 Å².